The summed E-state index contributed by atoms with van der Waals surface area (Å²) in [7, 11) is 1.58. The van der Waals surface area contributed by atoms with Gasteiger partial charge in [-0.1, -0.05) is 23.2 Å². The number of carbonyl (C=O) groups is 1. The van der Waals surface area contributed by atoms with Gasteiger partial charge >= 0.3 is 0 Å². The van der Waals surface area contributed by atoms with E-state index in [0.717, 1.165) is 52.8 Å². The van der Waals surface area contributed by atoms with Crippen molar-refractivity contribution < 1.29 is 9.53 Å². The summed E-state index contributed by atoms with van der Waals surface area (Å²) in [5.74, 6) is 5.03. The average molecular weight is 554 g/mol. The van der Waals surface area contributed by atoms with Gasteiger partial charge in [0.2, 0.25) is 5.88 Å². The lowest BCUT2D eigenvalue weighted by Gasteiger charge is -2.54. The maximum atomic E-state index is 13.4. The van der Waals surface area contributed by atoms with Gasteiger partial charge in [-0.25, -0.2) is 9.67 Å². The van der Waals surface area contributed by atoms with Crippen LogP contribution in [0, 0.1) is 36.5 Å². The summed E-state index contributed by atoms with van der Waals surface area (Å²) in [6, 6.07) is 8.95. The molecule has 4 aliphatic rings. The molecule has 7 rings (SSSR count). The van der Waals surface area contributed by atoms with Crippen LogP contribution < -0.4 is 10.1 Å². The SMILES string of the molecule is COc1ccc(-c2c(C)c(C(=O)NCCCC3C4CC5CC(C4)CC3C5)nn2-c2ccc(Cl)cc2Cl)cn1. The monoisotopic (exact) mass is 552 g/mol. The number of aromatic nitrogens is 3. The summed E-state index contributed by atoms with van der Waals surface area (Å²) >= 11 is 12.7. The lowest BCUT2D eigenvalue weighted by atomic mass is 9.51. The van der Waals surface area contributed by atoms with Crippen LogP contribution >= 0.6 is 23.2 Å². The van der Waals surface area contributed by atoms with Crippen LogP contribution in [0.25, 0.3) is 16.9 Å². The number of pyridine rings is 1. The molecule has 4 bridgehead atoms. The molecule has 8 heteroatoms. The number of methoxy groups -OCH3 is 1. The molecule has 0 atom stereocenters. The Bertz CT molecular complexity index is 1310. The zero-order chi connectivity index (χ0) is 26.4. The summed E-state index contributed by atoms with van der Waals surface area (Å²) in [6.45, 7) is 2.57. The molecule has 38 heavy (non-hydrogen) atoms. The fourth-order valence-electron chi connectivity index (χ4n) is 7.65. The van der Waals surface area contributed by atoms with E-state index >= 15 is 0 Å². The van der Waals surface area contributed by atoms with Crippen LogP contribution in [-0.2, 0) is 0 Å². The quantitative estimate of drug-likeness (QED) is 0.301. The second kappa shape index (κ2) is 10.5. The van der Waals surface area contributed by atoms with Crippen molar-refractivity contribution in [2.45, 2.75) is 51.9 Å². The Morgan fingerprint density at radius 3 is 2.45 bits per heavy atom. The maximum absolute atomic E-state index is 13.4. The van der Waals surface area contributed by atoms with Crippen LogP contribution in [0.3, 0.4) is 0 Å². The van der Waals surface area contributed by atoms with Gasteiger partial charge in [0.15, 0.2) is 5.69 Å². The van der Waals surface area contributed by atoms with Crippen molar-refractivity contribution in [2.75, 3.05) is 13.7 Å². The maximum Gasteiger partial charge on any atom is 0.272 e. The summed E-state index contributed by atoms with van der Waals surface area (Å²) in [5.41, 5.74) is 3.36. The topological polar surface area (TPSA) is 69.0 Å². The van der Waals surface area contributed by atoms with E-state index in [0.29, 0.717) is 33.9 Å². The van der Waals surface area contributed by atoms with Gasteiger partial charge in [-0.05, 0) is 106 Å². The fraction of sp³-hybridized carbons (Fsp3) is 0.500. The molecule has 0 aliphatic heterocycles. The van der Waals surface area contributed by atoms with E-state index in [1.165, 1.54) is 38.5 Å². The van der Waals surface area contributed by atoms with Crippen molar-refractivity contribution in [3.8, 4) is 22.8 Å². The predicted octanol–water partition coefficient (Wildman–Crippen LogP) is 7.14. The lowest BCUT2D eigenvalue weighted by molar-refractivity contribution is -0.0401. The van der Waals surface area contributed by atoms with Gasteiger partial charge in [-0.3, -0.25) is 4.79 Å². The highest BCUT2D eigenvalue weighted by Gasteiger charge is 2.47. The van der Waals surface area contributed by atoms with E-state index in [1.807, 2.05) is 19.1 Å². The molecule has 1 N–H and O–H groups in total. The van der Waals surface area contributed by atoms with Crippen LogP contribution in [0.15, 0.2) is 36.5 Å². The standard InChI is InChI=1S/C30H34Cl2N4O2/c1-17-28(30(37)33-9-3-4-24-21-11-18-10-19(13-21)14-22(24)12-18)35-36(26-7-6-23(31)15-25(26)32)29(17)20-5-8-27(38-2)34-16-20/h5-8,15-16,18-19,21-22,24H,3-4,9-14H2,1-2H3,(H,33,37). The average Bonchev–Trinajstić information content (AvgIpc) is 3.24. The molecule has 2 aromatic heterocycles. The summed E-state index contributed by atoms with van der Waals surface area (Å²) in [5, 5.41) is 8.86. The minimum Gasteiger partial charge on any atom is -0.481 e. The van der Waals surface area contributed by atoms with Crippen molar-refractivity contribution in [1.29, 1.82) is 0 Å². The highest BCUT2D eigenvalue weighted by atomic mass is 35.5. The Hall–Kier alpha value is -2.57. The Labute approximate surface area is 234 Å². The molecule has 0 spiro atoms. The third-order valence-electron chi connectivity index (χ3n) is 9.12. The largest absolute Gasteiger partial charge is 0.481 e. The van der Waals surface area contributed by atoms with Gasteiger partial charge in [-0.15, -0.1) is 0 Å². The summed E-state index contributed by atoms with van der Waals surface area (Å²) in [6.07, 6.45) is 11.2. The number of hydrogen-bond acceptors (Lipinski definition) is 4. The first kappa shape index (κ1) is 25.7. The second-order valence-electron chi connectivity index (χ2n) is 11.4. The lowest BCUT2D eigenvalue weighted by Crippen LogP contribution is -2.45. The third kappa shape index (κ3) is 4.82. The molecule has 6 nitrogen and oxygen atoms in total. The first-order valence-corrected chi connectivity index (χ1v) is 14.5. The number of amides is 1. The van der Waals surface area contributed by atoms with Crippen LogP contribution in [0.5, 0.6) is 5.88 Å². The number of rotatable bonds is 8. The van der Waals surface area contributed by atoms with E-state index in [9.17, 15) is 4.79 Å². The predicted molar refractivity (Wildman–Crippen MR) is 150 cm³/mol. The molecule has 2 heterocycles. The van der Waals surface area contributed by atoms with Gasteiger partial charge in [0.05, 0.1) is 23.5 Å². The summed E-state index contributed by atoms with van der Waals surface area (Å²) in [4.78, 5) is 17.7. The minimum atomic E-state index is -0.167. The number of hydrogen-bond donors (Lipinski definition) is 1. The molecule has 0 radical (unpaired) electrons. The Morgan fingerprint density at radius 1 is 1.08 bits per heavy atom. The molecular formula is C30H34Cl2N4O2. The van der Waals surface area contributed by atoms with Crippen LogP contribution in [0.1, 0.15) is 61.0 Å². The zero-order valence-electron chi connectivity index (χ0n) is 21.9. The molecule has 0 unspecified atom stereocenters. The number of halogens is 2. The van der Waals surface area contributed by atoms with Crippen molar-refractivity contribution in [2.24, 2.45) is 29.6 Å². The number of nitrogens with zero attached hydrogens (tertiary/aromatic N) is 3. The van der Waals surface area contributed by atoms with E-state index in [1.54, 1.807) is 36.2 Å². The fourth-order valence-corrected chi connectivity index (χ4v) is 8.14. The number of ether oxygens (including phenoxy) is 1. The smallest absolute Gasteiger partial charge is 0.272 e. The molecule has 1 amide bonds. The molecule has 0 saturated heterocycles. The van der Waals surface area contributed by atoms with Crippen LogP contribution in [0.4, 0.5) is 0 Å². The van der Waals surface area contributed by atoms with Crippen molar-refractivity contribution >= 4 is 29.1 Å². The highest BCUT2D eigenvalue weighted by molar-refractivity contribution is 6.35. The van der Waals surface area contributed by atoms with Crippen molar-refractivity contribution in [1.82, 2.24) is 20.1 Å². The third-order valence-corrected chi connectivity index (χ3v) is 9.65. The zero-order valence-corrected chi connectivity index (χ0v) is 23.4. The normalized spacial score (nSPS) is 25.5. The van der Waals surface area contributed by atoms with E-state index in [2.05, 4.69) is 10.3 Å². The molecular weight excluding hydrogens is 519 g/mol. The molecule has 4 saturated carbocycles. The molecule has 1 aromatic carbocycles. The molecule has 4 aliphatic carbocycles. The highest BCUT2D eigenvalue weighted by Crippen LogP contribution is 2.57. The molecule has 4 fully saturated rings. The van der Waals surface area contributed by atoms with Gasteiger partial charge in [0.25, 0.3) is 5.91 Å². The second-order valence-corrected chi connectivity index (χ2v) is 12.3. The van der Waals surface area contributed by atoms with Crippen LogP contribution in [0.2, 0.25) is 10.0 Å². The first-order chi connectivity index (χ1) is 18.4. The Balaban J connectivity index is 1.20. The minimum absolute atomic E-state index is 0.167. The molecule has 200 valence electrons. The van der Waals surface area contributed by atoms with Crippen molar-refractivity contribution in [3.63, 3.8) is 0 Å². The Morgan fingerprint density at radius 2 is 1.82 bits per heavy atom. The van der Waals surface area contributed by atoms with Gasteiger partial charge in [0, 0.05) is 35.0 Å². The summed E-state index contributed by atoms with van der Waals surface area (Å²) < 4.78 is 6.93. The van der Waals surface area contributed by atoms with Gasteiger partial charge < -0.3 is 10.1 Å². The first-order valence-electron chi connectivity index (χ1n) is 13.7. The van der Waals surface area contributed by atoms with Crippen molar-refractivity contribution in [3.05, 3.63) is 57.8 Å². The number of carbonyl (C=O) groups excluding carboxylic acids is 1. The van der Waals surface area contributed by atoms with Gasteiger partial charge in [-0.2, -0.15) is 5.10 Å². The van der Waals surface area contributed by atoms with E-state index in [4.69, 9.17) is 33.0 Å². The number of nitrogens with one attached hydrogen (secondary N) is 1. The van der Waals surface area contributed by atoms with E-state index < -0.39 is 0 Å². The number of benzene rings is 1. The molecule has 3 aromatic rings. The Kier molecular flexibility index (Phi) is 7.12. The van der Waals surface area contributed by atoms with Gasteiger partial charge in [0.1, 0.15) is 0 Å². The van der Waals surface area contributed by atoms with E-state index in [-0.39, 0.29) is 5.91 Å². The van der Waals surface area contributed by atoms with Crippen LogP contribution in [-0.4, -0.2) is 34.3 Å².